The molecule has 0 fully saturated rings. The van der Waals surface area contributed by atoms with Gasteiger partial charge in [0.2, 0.25) is 0 Å². The average molecular weight is 772 g/mol. The van der Waals surface area contributed by atoms with Crippen LogP contribution < -0.4 is 5.73 Å². The van der Waals surface area contributed by atoms with Crippen LogP contribution >= 0.6 is 7.82 Å². The number of carbonyl (C=O) groups is 2. The highest BCUT2D eigenvalue weighted by atomic mass is 31.2. The molecule has 0 rings (SSSR count). The van der Waals surface area contributed by atoms with Gasteiger partial charge in [0.1, 0.15) is 6.61 Å². The first-order valence-corrected chi connectivity index (χ1v) is 21.8. The SMILES string of the molecule is CCCCCCCCCCCCCCCC(=O)OC[C@H](COP(=O)(O)OCCN)OC(=O)CCC[C@H](O)/C=C/C=C\C/C=C\C=C\[C@H](O)CCCCC. The molecular formula is C41H74NO10P. The largest absolute Gasteiger partial charge is 0.472 e. The van der Waals surface area contributed by atoms with E-state index in [1.165, 1.54) is 57.8 Å². The Labute approximate surface area is 321 Å². The molecule has 0 aliphatic carbocycles. The summed E-state index contributed by atoms with van der Waals surface area (Å²) >= 11 is 0. The minimum Gasteiger partial charge on any atom is -0.462 e. The van der Waals surface area contributed by atoms with Crippen LogP contribution in [-0.4, -0.2) is 71.7 Å². The molecule has 0 saturated heterocycles. The maximum Gasteiger partial charge on any atom is 0.472 e. The lowest BCUT2D eigenvalue weighted by molar-refractivity contribution is -0.161. The Morgan fingerprint density at radius 3 is 1.68 bits per heavy atom. The van der Waals surface area contributed by atoms with Gasteiger partial charge in [-0.15, -0.1) is 0 Å². The molecule has 0 aromatic heterocycles. The molecule has 1 unspecified atom stereocenters. The van der Waals surface area contributed by atoms with Crippen molar-refractivity contribution in [3.05, 3.63) is 48.6 Å². The summed E-state index contributed by atoms with van der Waals surface area (Å²) in [4.78, 5) is 34.8. The van der Waals surface area contributed by atoms with E-state index < -0.39 is 44.7 Å². The number of allylic oxidation sites excluding steroid dienone is 6. The van der Waals surface area contributed by atoms with Gasteiger partial charge in [0.25, 0.3) is 0 Å². The highest BCUT2D eigenvalue weighted by molar-refractivity contribution is 7.47. The van der Waals surface area contributed by atoms with Crippen molar-refractivity contribution in [2.24, 2.45) is 5.73 Å². The van der Waals surface area contributed by atoms with Gasteiger partial charge in [0.15, 0.2) is 6.10 Å². The van der Waals surface area contributed by atoms with E-state index in [4.69, 9.17) is 24.3 Å². The number of aliphatic hydroxyl groups is 2. The smallest absolute Gasteiger partial charge is 0.462 e. The maximum absolute atomic E-state index is 12.6. The molecule has 11 nitrogen and oxygen atoms in total. The number of hydrogen-bond acceptors (Lipinski definition) is 10. The van der Waals surface area contributed by atoms with Crippen LogP contribution in [0.15, 0.2) is 48.6 Å². The Balaban J connectivity index is 4.46. The molecular weight excluding hydrogens is 697 g/mol. The third-order valence-corrected chi connectivity index (χ3v) is 9.41. The van der Waals surface area contributed by atoms with Gasteiger partial charge < -0.3 is 30.3 Å². The molecule has 0 amide bonds. The molecule has 4 atom stereocenters. The molecule has 0 aromatic carbocycles. The van der Waals surface area contributed by atoms with E-state index in [-0.39, 0.29) is 32.6 Å². The summed E-state index contributed by atoms with van der Waals surface area (Å²) < 4.78 is 32.5. The maximum atomic E-state index is 12.6. The van der Waals surface area contributed by atoms with E-state index >= 15 is 0 Å². The standard InChI is InChI=1S/C41H74NO10P/c1-3-5-7-8-9-10-11-12-13-14-18-21-25-31-40(45)49-35-39(36-51-53(47,48)50-34-33-42)52-41(46)32-26-30-38(44)29-24-20-17-15-16-19-23-28-37(43)27-22-6-4-2/h16-17,19-20,23-24,28-29,37-39,43-44H,3-15,18,21-22,25-27,30-36,42H2,1-2H3,(H,47,48)/b19-16-,20-17-,28-23+,29-24+/t37-,38-,39-/m1/s1. The van der Waals surface area contributed by atoms with Crippen molar-refractivity contribution in [1.29, 1.82) is 0 Å². The molecule has 0 aliphatic heterocycles. The van der Waals surface area contributed by atoms with Crippen LogP contribution in [0.2, 0.25) is 0 Å². The van der Waals surface area contributed by atoms with Gasteiger partial charge >= 0.3 is 19.8 Å². The van der Waals surface area contributed by atoms with E-state index in [1.54, 1.807) is 18.2 Å². The van der Waals surface area contributed by atoms with Crippen LogP contribution in [0.5, 0.6) is 0 Å². The average Bonchev–Trinajstić information content (AvgIpc) is 3.13. The number of esters is 2. The second-order valence-electron chi connectivity index (χ2n) is 13.6. The van der Waals surface area contributed by atoms with E-state index in [9.17, 15) is 29.3 Å². The van der Waals surface area contributed by atoms with Crippen LogP contribution in [0.3, 0.4) is 0 Å². The lowest BCUT2D eigenvalue weighted by atomic mass is 10.0. The summed E-state index contributed by atoms with van der Waals surface area (Å²) in [6.07, 6.45) is 33.5. The lowest BCUT2D eigenvalue weighted by Crippen LogP contribution is -2.29. The third-order valence-electron chi connectivity index (χ3n) is 8.43. The minimum atomic E-state index is -4.44. The highest BCUT2D eigenvalue weighted by Gasteiger charge is 2.26. The van der Waals surface area contributed by atoms with Crippen LogP contribution in [-0.2, 0) is 32.7 Å². The van der Waals surface area contributed by atoms with Crippen molar-refractivity contribution in [1.82, 2.24) is 0 Å². The molecule has 5 N–H and O–H groups in total. The van der Waals surface area contributed by atoms with Crippen LogP contribution in [0, 0.1) is 0 Å². The fourth-order valence-corrected chi connectivity index (χ4v) is 6.08. The normalized spacial score (nSPS) is 15.1. The number of ether oxygens (including phenoxy) is 2. The Kier molecular flexibility index (Phi) is 35.4. The zero-order valence-corrected chi connectivity index (χ0v) is 33.9. The van der Waals surface area contributed by atoms with E-state index in [1.807, 2.05) is 30.4 Å². The van der Waals surface area contributed by atoms with Gasteiger partial charge in [0.05, 0.1) is 25.4 Å². The molecule has 0 radical (unpaired) electrons. The summed E-state index contributed by atoms with van der Waals surface area (Å²) in [7, 11) is -4.44. The van der Waals surface area contributed by atoms with Crippen molar-refractivity contribution in [2.75, 3.05) is 26.4 Å². The van der Waals surface area contributed by atoms with E-state index in [2.05, 4.69) is 13.8 Å². The van der Waals surface area contributed by atoms with Crippen molar-refractivity contribution < 1.29 is 47.8 Å². The quantitative estimate of drug-likeness (QED) is 0.0205. The van der Waals surface area contributed by atoms with E-state index in [0.29, 0.717) is 25.7 Å². The minimum absolute atomic E-state index is 0.0153. The van der Waals surface area contributed by atoms with Crippen molar-refractivity contribution in [3.8, 4) is 0 Å². The number of unbranched alkanes of at least 4 members (excludes halogenated alkanes) is 14. The molecule has 12 heteroatoms. The second-order valence-corrected chi connectivity index (χ2v) is 15.0. The number of phosphoric ester groups is 1. The van der Waals surface area contributed by atoms with Crippen LogP contribution in [0.1, 0.15) is 155 Å². The number of hydrogen-bond donors (Lipinski definition) is 4. The molecule has 0 spiro atoms. The Morgan fingerprint density at radius 1 is 0.642 bits per heavy atom. The van der Waals surface area contributed by atoms with E-state index in [0.717, 1.165) is 44.9 Å². The van der Waals surface area contributed by atoms with Gasteiger partial charge in [-0.3, -0.25) is 18.6 Å². The predicted octanol–water partition coefficient (Wildman–Crippen LogP) is 9.10. The van der Waals surface area contributed by atoms with Gasteiger partial charge in [-0.05, 0) is 32.1 Å². The molecule has 0 aliphatic rings. The molecule has 0 saturated carbocycles. The van der Waals surface area contributed by atoms with Crippen LogP contribution in [0.4, 0.5) is 0 Å². The Hall–Kier alpha value is -2.11. The molecule has 0 aromatic rings. The number of phosphoric acid groups is 1. The number of aliphatic hydroxyl groups excluding tert-OH is 2. The first-order chi connectivity index (χ1) is 25.6. The zero-order chi connectivity index (χ0) is 39.3. The van der Waals surface area contributed by atoms with Crippen molar-refractivity contribution >= 4 is 19.8 Å². The monoisotopic (exact) mass is 772 g/mol. The first kappa shape index (κ1) is 50.9. The third kappa shape index (κ3) is 36.6. The van der Waals surface area contributed by atoms with Gasteiger partial charge in [-0.2, -0.15) is 0 Å². The summed E-state index contributed by atoms with van der Waals surface area (Å²) in [6.45, 7) is 3.35. The molecule has 308 valence electrons. The predicted molar refractivity (Wildman–Crippen MR) is 213 cm³/mol. The van der Waals surface area contributed by atoms with Crippen LogP contribution in [0.25, 0.3) is 0 Å². The fraction of sp³-hybridized carbons (Fsp3) is 0.756. The Bertz CT molecular complexity index is 1050. The summed E-state index contributed by atoms with van der Waals surface area (Å²) in [5.41, 5.74) is 5.32. The van der Waals surface area contributed by atoms with Crippen molar-refractivity contribution in [2.45, 2.75) is 173 Å². The molecule has 53 heavy (non-hydrogen) atoms. The van der Waals surface area contributed by atoms with Gasteiger partial charge in [-0.1, -0.05) is 159 Å². The summed E-state index contributed by atoms with van der Waals surface area (Å²) in [5, 5.41) is 20.1. The molecule has 0 bridgehead atoms. The van der Waals surface area contributed by atoms with Gasteiger partial charge in [0, 0.05) is 19.4 Å². The van der Waals surface area contributed by atoms with Gasteiger partial charge in [-0.25, -0.2) is 4.57 Å². The lowest BCUT2D eigenvalue weighted by Gasteiger charge is -2.20. The highest BCUT2D eigenvalue weighted by Crippen LogP contribution is 2.43. The topological polar surface area (TPSA) is 175 Å². The number of rotatable bonds is 37. The van der Waals surface area contributed by atoms with Crippen molar-refractivity contribution in [3.63, 3.8) is 0 Å². The number of carbonyl (C=O) groups excluding carboxylic acids is 2. The molecule has 0 heterocycles. The second kappa shape index (κ2) is 36.8. The number of nitrogens with two attached hydrogens (primary N) is 1. The summed E-state index contributed by atoms with van der Waals surface area (Å²) in [5.74, 6) is -1.06. The summed E-state index contributed by atoms with van der Waals surface area (Å²) in [6, 6.07) is 0. The zero-order valence-electron chi connectivity index (χ0n) is 33.0. The fourth-order valence-electron chi connectivity index (χ4n) is 5.32. The first-order valence-electron chi connectivity index (χ1n) is 20.3. The Morgan fingerprint density at radius 2 is 1.13 bits per heavy atom.